The standard InChI is InChI=1S/C69H118N12O12/c1-25-50-65(89)75(18)47(17)64(88)77(20)52(34-39(4)5)61(85)74-55(42(10)11)68(92)76(19)51(33-32-38(2)3)60(84)71-45(15)59(83)72-46(16)63(87)78(21)53(35-40(6)7)66(90)79(22)54(36-41(8)9)67(91)80(23)56(43(12)13)69(93)81(24)57(62(86)73-50)58(82)44(14)28-26-29-48-30-27-31-49(70)37-48/h27,30-31,37-46,50-58,82H,17,25-26,28-29,32-36,70H2,1-16,18-24H3,(H,71,84)(H,72,83)(H,73,86)(H,74,85)/t44-,45-,46+,50-,51-,52+,53+,54-,55-,56-,57+,58-/m1/s1. The van der Waals surface area contributed by atoms with Crippen LogP contribution in [0.15, 0.2) is 36.5 Å². The van der Waals surface area contributed by atoms with Crippen molar-refractivity contribution in [3.8, 4) is 0 Å². The number of nitrogens with two attached hydrogens (primary N) is 1. The molecule has 0 saturated carbocycles. The summed E-state index contributed by atoms with van der Waals surface area (Å²) in [5.74, 6) is -10.1. The number of anilines is 1. The lowest BCUT2D eigenvalue weighted by Gasteiger charge is -2.41. The van der Waals surface area contributed by atoms with Crippen LogP contribution in [0.2, 0.25) is 0 Å². The summed E-state index contributed by atoms with van der Waals surface area (Å²) in [5, 5.41) is 23.5. The molecule has 526 valence electrons. The summed E-state index contributed by atoms with van der Waals surface area (Å²) in [7, 11) is 9.79. The Labute approximate surface area is 555 Å². The number of likely N-dealkylation sites (N-methyl/N-ethyl adjacent to an activating group) is 7. The molecule has 0 aliphatic carbocycles. The molecule has 1 aliphatic rings. The summed E-state index contributed by atoms with van der Waals surface area (Å²) in [4.78, 5) is 171. The maximum atomic E-state index is 15.4. The van der Waals surface area contributed by atoms with E-state index >= 15 is 19.2 Å². The molecule has 0 spiro atoms. The molecule has 24 nitrogen and oxygen atoms in total. The number of carbonyl (C=O) groups excluding carboxylic acids is 11. The molecule has 1 aliphatic heterocycles. The number of nitrogen functional groups attached to an aromatic ring is 1. The van der Waals surface area contributed by atoms with Gasteiger partial charge in [-0.1, -0.05) is 116 Å². The Hall–Kier alpha value is -7.11. The Morgan fingerprint density at radius 3 is 1.48 bits per heavy atom. The van der Waals surface area contributed by atoms with Gasteiger partial charge < -0.3 is 66.4 Å². The largest absolute Gasteiger partial charge is 0.399 e. The highest BCUT2D eigenvalue weighted by atomic mass is 16.3. The molecular formula is C69H118N12O12. The number of hydrogen-bond donors (Lipinski definition) is 6. The molecule has 1 aromatic carbocycles. The van der Waals surface area contributed by atoms with Crippen molar-refractivity contribution in [2.24, 2.45) is 41.4 Å². The number of carbonyl (C=O) groups is 11. The molecule has 1 aromatic rings. The van der Waals surface area contributed by atoms with Crippen molar-refractivity contribution in [2.45, 2.75) is 235 Å². The molecule has 0 aromatic heterocycles. The van der Waals surface area contributed by atoms with Gasteiger partial charge in [-0.3, -0.25) is 52.7 Å². The third kappa shape index (κ3) is 22.8. The van der Waals surface area contributed by atoms with E-state index in [1.165, 1.54) is 82.8 Å². The molecule has 0 bridgehead atoms. The van der Waals surface area contributed by atoms with Crippen LogP contribution < -0.4 is 27.0 Å². The first-order valence-electron chi connectivity index (χ1n) is 33.4. The van der Waals surface area contributed by atoms with E-state index in [4.69, 9.17) is 5.73 Å². The summed E-state index contributed by atoms with van der Waals surface area (Å²) < 4.78 is 0. The highest BCUT2D eigenvalue weighted by molar-refractivity contribution is 6.02. The summed E-state index contributed by atoms with van der Waals surface area (Å²) in [6.07, 6.45) is 0.965. The fourth-order valence-corrected chi connectivity index (χ4v) is 11.9. The van der Waals surface area contributed by atoms with Crippen molar-refractivity contribution < 1.29 is 57.8 Å². The van der Waals surface area contributed by atoms with E-state index in [0.717, 1.165) is 20.3 Å². The van der Waals surface area contributed by atoms with Crippen LogP contribution in [0.5, 0.6) is 0 Å². The number of aliphatic hydroxyl groups excluding tert-OH is 1. The van der Waals surface area contributed by atoms with E-state index in [-0.39, 0.29) is 61.5 Å². The van der Waals surface area contributed by atoms with Gasteiger partial charge in [0.2, 0.25) is 59.1 Å². The minimum Gasteiger partial charge on any atom is -0.399 e. The van der Waals surface area contributed by atoms with Gasteiger partial charge in [0.25, 0.3) is 5.91 Å². The predicted molar refractivity (Wildman–Crippen MR) is 362 cm³/mol. The lowest BCUT2D eigenvalue weighted by atomic mass is 9.89. The molecule has 1 saturated heterocycles. The van der Waals surface area contributed by atoms with Crippen LogP contribution in [0.3, 0.4) is 0 Å². The lowest BCUT2D eigenvalue weighted by molar-refractivity contribution is -0.157. The van der Waals surface area contributed by atoms with E-state index in [0.29, 0.717) is 31.4 Å². The smallest absolute Gasteiger partial charge is 0.270 e. The number of amides is 11. The number of rotatable bonds is 18. The molecule has 7 N–H and O–H groups in total. The van der Waals surface area contributed by atoms with Crippen LogP contribution in [0.1, 0.15) is 168 Å². The number of aliphatic hydroxyl groups is 1. The molecule has 0 unspecified atom stereocenters. The zero-order valence-electron chi connectivity index (χ0n) is 60.4. The monoisotopic (exact) mass is 1310 g/mol. The first kappa shape index (κ1) is 82.0. The van der Waals surface area contributed by atoms with Crippen molar-refractivity contribution in [1.82, 2.24) is 55.6 Å². The Morgan fingerprint density at radius 2 is 0.989 bits per heavy atom. The summed E-state index contributed by atoms with van der Waals surface area (Å²) in [6, 6.07) is -5.33. The van der Waals surface area contributed by atoms with Crippen LogP contribution in [0.4, 0.5) is 5.69 Å². The Balaban J connectivity index is 3.02. The van der Waals surface area contributed by atoms with Crippen LogP contribution in [0.25, 0.3) is 0 Å². The normalized spacial score (nSPS) is 25.5. The first-order valence-corrected chi connectivity index (χ1v) is 33.4. The minimum absolute atomic E-state index is 0.0374. The molecule has 11 amide bonds. The van der Waals surface area contributed by atoms with Crippen molar-refractivity contribution in [2.75, 3.05) is 55.1 Å². The van der Waals surface area contributed by atoms with Gasteiger partial charge in [-0.2, -0.15) is 0 Å². The van der Waals surface area contributed by atoms with Crippen LogP contribution >= 0.6 is 0 Å². The number of nitrogens with zero attached hydrogens (tertiary/aromatic N) is 7. The third-order valence-electron chi connectivity index (χ3n) is 17.9. The number of hydrogen-bond acceptors (Lipinski definition) is 13. The highest BCUT2D eigenvalue weighted by Crippen LogP contribution is 2.27. The third-order valence-corrected chi connectivity index (χ3v) is 17.9. The van der Waals surface area contributed by atoms with Crippen molar-refractivity contribution >= 4 is 70.7 Å². The minimum atomic E-state index is -1.67. The molecule has 1 fully saturated rings. The van der Waals surface area contributed by atoms with Crippen LogP contribution in [0, 0.1) is 41.4 Å². The maximum absolute atomic E-state index is 15.4. The summed E-state index contributed by atoms with van der Waals surface area (Å²) in [6.45, 7) is 32.2. The van der Waals surface area contributed by atoms with Gasteiger partial charge in [0.05, 0.1) is 6.10 Å². The first-order chi connectivity index (χ1) is 43.0. The van der Waals surface area contributed by atoms with E-state index < -0.39 is 149 Å². The SMILES string of the molecule is C=C1C(=O)N(C)[C@@H](CC(C)C)C(=O)N[C@H](C(C)C)C(=O)N(C)[C@H](CCC(C)C)C(=O)N[C@H](C)C(=O)N[C@@H](C)C(=O)N(C)[C@@H](CC(C)C)C(=O)N(C)[C@H](CC(C)C)C(=O)N(C)[C@H](C(C)C)C(=O)N(C)[C@@H]([C@H](O)[C@H](C)CCCc2cccc(N)c2)C(=O)N[C@H](CC)C(=O)N1C. The molecule has 93 heavy (non-hydrogen) atoms. The number of aryl methyl sites for hydroxylation is 1. The fraction of sp³-hybridized carbons (Fsp3) is 0.725. The molecule has 1 heterocycles. The number of benzene rings is 1. The van der Waals surface area contributed by atoms with Gasteiger partial charge in [-0.05, 0) is 131 Å². The van der Waals surface area contributed by atoms with Gasteiger partial charge in [0.1, 0.15) is 66.1 Å². The second-order valence-electron chi connectivity index (χ2n) is 28.3. The van der Waals surface area contributed by atoms with Gasteiger partial charge in [0, 0.05) is 55.0 Å². The van der Waals surface area contributed by atoms with Crippen LogP contribution in [-0.4, -0.2) is 220 Å². The van der Waals surface area contributed by atoms with E-state index in [9.17, 15) is 38.7 Å². The zero-order valence-corrected chi connectivity index (χ0v) is 60.4. The Kier molecular flexibility index (Phi) is 32.7. The van der Waals surface area contributed by atoms with Gasteiger partial charge >= 0.3 is 0 Å². The average Bonchev–Trinajstić information content (AvgIpc) is 0.961. The fourth-order valence-electron chi connectivity index (χ4n) is 11.9. The van der Waals surface area contributed by atoms with Gasteiger partial charge in [-0.15, -0.1) is 0 Å². The van der Waals surface area contributed by atoms with Crippen molar-refractivity contribution in [1.29, 1.82) is 0 Å². The molecule has 12 atom stereocenters. The number of nitrogens with one attached hydrogen (secondary N) is 4. The second-order valence-corrected chi connectivity index (χ2v) is 28.3. The topological polar surface area (TPSA) is 305 Å². The van der Waals surface area contributed by atoms with E-state index in [1.807, 2.05) is 73.6 Å². The Bertz CT molecular complexity index is 2750. The molecule has 0 radical (unpaired) electrons. The highest BCUT2D eigenvalue weighted by Gasteiger charge is 2.46. The summed E-state index contributed by atoms with van der Waals surface area (Å²) in [5.41, 5.74) is 7.24. The van der Waals surface area contributed by atoms with Gasteiger partial charge in [0.15, 0.2) is 0 Å². The van der Waals surface area contributed by atoms with Crippen molar-refractivity contribution in [3.63, 3.8) is 0 Å². The lowest BCUT2D eigenvalue weighted by Crippen LogP contribution is -2.63. The zero-order chi connectivity index (χ0) is 71.5. The van der Waals surface area contributed by atoms with E-state index in [1.54, 1.807) is 47.6 Å². The quantitative estimate of drug-likeness (QED) is 0.0851. The van der Waals surface area contributed by atoms with Crippen LogP contribution in [-0.2, 0) is 59.2 Å². The molecule has 2 rings (SSSR count). The van der Waals surface area contributed by atoms with Gasteiger partial charge in [-0.25, -0.2) is 0 Å². The average molecular weight is 1310 g/mol. The van der Waals surface area contributed by atoms with Crippen molar-refractivity contribution in [3.05, 3.63) is 42.1 Å². The molecular weight excluding hydrogens is 1190 g/mol. The second kappa shape index (κ2) is 37.1. The summed E-state index contributed by atoms with van der Waals surface area (Å²) >= 11 is 0. The Morgan fingerprint density at radius 1 is 0.505 bits per heavy atom. The predicted octanol–water partition coefficient (Wildman–Crippen LogP) is 4.81. The maximum Gasteiger partial charge on any atom is 0.270 e. The molecule has 24 heteroatoms. The van der Waals surface area contributed by atoms with E-state index in [2.05, 4.69) is 27.8 Å².